The molecule has 9 nitrogen and oxygen atoms in total. The highest BCUT2D eigenvalue weighted by molar-refractivity contribution is 6.43. The summed E-state index contributed by atoms with van der Waals surface area (Å²) in [5, 5.41) is 15.6. The van der Waals surface area contributed by atoms with Crippen LogP contribution >= 0.6 is 23.2 Å². The van der Waals surface area contributed by atoms with E-state index in [2.05, 4.69) is 15.5 Å². The fourth-order valence-electron chi connectivity index (χ4n) is 5.43. The van der Waals surface area contributed by atoms with Crippen molar-refractivity contribution < 1.29 is 19.4 Å². The van der Waals surface area contributed by atoms with Gasteiger partial charge in [-0.3, -0.25) is 5.32 Å². The summed E-state index contributed by atoms with van der Waals surface area (Å²) in [6.45, 7) is 8.53. The Kier molecular flexibility index (Phi) is 7.76. The van der Waals surface area contributed by atoms with Crippen molar-refractivity contribution in [3.63, 3.8) is 0 Å². The van der Waals surface area contributed by atoms with Gasteiger partial charge in [0.2, 0.25) is 0 Å². The molecule has 2 aliphatic rings. The number of carbonyl (C=O) groups excluding carboxylic acids is 1. The zero-order valence-electron chi connectivity index (χ0n) is 21.5. The second kappa shape index (κ2) is 10.5. The van der Waals surface area contributed by atoms with E-state index in [4.69, 9.17) is 37.9 Å². The molecular weight excluding hydrogens is 517 g/mol. The predicted octanol–water partition coefficient (Wildman–Crippen LogP) is 6.51. The normalized spacial score (nSPS) is 19.1. The van der Waals surface area contributed by atoms with E-state index in [0.717, 1.165) is 32.1 Å². The number of carbonyl (C=O) groups is 2. The van der Waals surface area contributed by atoms with Gasteiger partial charge in [0.05, 0.1) is 21.4 Å². The second-order valence-corrected chi connectivity index (χ2v) is 11.6. The highest BCUT2D eigenvalue weighted by atomic mass is 35.5. The van der Waals surface area contributed by atoms with Gasteiger partial charge in [-0.25, -0.2) is 19.6 Å². The SMILES string of the molecule is Cc1nc(N2CCC3(CCC[C@H]3NC(=O)O)CC2)c(NC(=O)OC(C)(C)C)nc1-c1cccc(Cl)c1Cl. The average Bonchev–Trinajstić information content (AvgIpc) is 3.17. The molecule has 4 rings (SSSR count). The monoisotopic (exact) mass is 549 g/mol. The highest BCUT2D eigenvalue weighted by Crippen LogP contribution is 2.47. The molecule has 1 aliphatic carbocycles. The first-order valence-electron chi connectivity index (χ1n) is 12.5. The molecule has 3 N–H and O–H groups in total. The number of benzene rings is 1. The molecule has 2 fully saturated rings. The van der Waals surface area contributed by atoms with E-state index < -0.39 is 17.8 Å². The quantitative estimate of drug-likeness (QED) is 0.397. The minimum Gasteiger partial charge on any atom is -0.465 e. The van der Waals surface area contributed by atoms with Crippen LogP contribution in [0.25, 0.3) is 11.3 Å². The Labute approximate surface area is 226 Å². The molecule has 0 unspecified atom stereocenters. The minimum absolute atomic E-state index is 0.0494. The molecule has 1 aliphatic heterocycles. The number of aromatic nitrogens is 2. The molecule has 2 aromatic rings. The lowest BCUT2D eigenvalue weighted by molar-refractivity contribution is 0.0635. The van der Waals surface area contributed by atoms with Crippen molar-refractivity contribution in [2.24, 2.45) is 5.41 Å². The summed E-state index contributed by atoms with van der Waals surface area (Å²) in [5.74, 6) is 0.814. The third-order valence-corrected chi connectivity index (χ3v) is 7.96. The number of rotatable bonds is 4. The molecular formula is C26H33Cl2N5O4. The topological polar surface area (TPSA) is 117 Å². The Morgan fingerprint density at radius 3 is 2.51 bits per heavy atom. The number of carboxylic acid groups (broad SMARTS) is 1. The maximum Gasteiger partial charge on any atom is 0.413 e. The van der Waals surface area contributed by atoms with Gasteiger partial charge in [0.15, 0.2) is 11.6 Å². The van der Waals surface area contributed by atoms with Gasteiger partial charge in [-0.15, -0.1) is 0 Å². The molecule has 1 saturated heterocycles. The smallest absolute Gasteiger partial charge is 0.413 e. The molecule has 1 aromatic heterocycles. The molecule has 37 heavy (non-hydrogen) atoms. The van der Waals surface area contributed by atoms with E-state index in [-0.39, 0.29) is 17.3 Å². The summed E-state index contributed by atoms with van der Waals surface area (Å²) < 4.78 is 5.48. The van der Waals surface area contributed by atoms with Crippen molar-refractivity contribution in [1.29, 1.82) is 0 Å². The molecule has 1 spiro atoms. The first kappa shape index (κ1) is 27.3. The van der Waals surface area contributed by atoms with Gasteiger partial charge in [-0.1, -0.05) is 41.8 Å². The molecule has 1 aromatic carbocycles. The van der Waals surface area contributed by atoms with Crippen LogP contribution < -0.4 is 15.5 Å². The van der Waals surface area contributed by atoms with Crippen molar-refractivity contribution in [2.75, 3.05) is 23.3 Å². The van der Waals surface area contributed by atoms with Gasteiger partial charge >= 0.3 is 12.2 Å². The van der Waals surface area contributed by atoms with E-state index in [1.54, 1.807) is 32.9 Å². The Hall–Kier alpha value is -2.78. The molecule has 1 saturated carbocycles. The number of hydrogen-bond donors (Lipinski definition) is 3. The minimum atomic E-state index is -0.977. The molecule has 1 atom stereocenters. The van der Waals surface area contributed by atoms with Crippen LogP contribution in [0.4, 0.5) is 21.2 Å². The number of piperidine rings is 1. The van der Waals surface area contributed by atoms with Crippen LogP contribution in [0.5, 0.6) is 0 Å². The fourth-order valence-corrected chi connectivity index (χ4v) is 5.82. The van der Waals surface area contributed by atoms with Gasteiger partial charge in [-0.05, 0) is 64.9 Å². The molecule has 11 heteroatoms. The van der Waals surface area contributed by atoms with E-state index >= 15 is 0 Å². The Bertz CT molecular complexity index is 1190. The number of nitrogens with one attached hydrogen (secondary N) is 2. The number of ether oxygens (including phenoxy) is 1. The van der Waals surface area contributed by atoms with E-state index in [0.29, 0.717) is 45.9 Å². The van der Waals surface area contributed by atoms with Gasteiger partial charge in [0, 0.05) is 24.7 Å². The molecule has 0 radical (unpaired) electrons. The number of halogens is 2. The first-order valence-corrected chi connectivity index (χ1v) is 13.2. The molecule has 2 heterocycles. The number of hydrogen-bond acceptors (Lipinski definition) is 6. The molecule has 0 bridgehead atoms. The number of anilines is 2. The third kappa shape index (κ3) is 6.04. The highest BCUT2D eigenvalue weighted by Gasteiger charge is 2.46. The summed E-state index contributed by atoms with van der Waals surface area (Å²) in [5.41, 5.74) is 1.01. The molecule has 200 valence electrons. The van der Waals surface area contributed by atoms with Crippen LogP contribution in [0.15, 0.2) is 18.2 Å². The van der Waals surface area contributed by atoms with Crippen molar-refractivity contribution in [2.45, 2.75) is 71.4 Å². The van der Waals surface area contributed by atoms with Crippen LogP contribution in [0.1, 0.15) is 58.6 Å². The summed E-state index contributed by atoms with van der Waals surface area (Å²) in [7, 11) is 0. The fraction of sp³-hybridized carbons (Fsp3) is 0.538. The van der Waals surface area contributed by atoms with Gasteiger partial charge < -0.3 is 20.1 Å². The zero-order chi connectivity index (χ0) is 27.0. The average molecular weight is 550 g/mol. The standard InChI is InChI=1S/C26H33Cl2N5O4/c1-15-20(16-7-5-8-17(27)19(16)28)31-21(32-24(36)37-25(2,3)4)22(29-15)33-13-11-26(12-14-33)10-6-9-18(26)30-23(34)35/h5,7-8,18,30H,6,9-14H2,1-4H3,(H,34,35)(H,31,32,36)/t18-/m1/s1. The Balaban J connectivity index is 1.66. The summed E-state index contributed by atoms with van der Waals surface area (Å²) in [4.78, 5) is 35.8. The van der Waals surface area contributed by atoms with E-state index in [9.17, 15) is 14.7 Å². The maximum absolute atomic E-state index is 12.7. The Morgan fingerprint density at radius 2 is 1.86 bits per heavy atom. The van der Waals surface area contributed by atoms with Crippen molar-refractivity contribution >= 4 is 47.0 Å². The van der Waals surface area contributed by atoms with E-state index in [1.807, 2.05) is 13.0 Å². The van der Waals surface area contributed by atoms with Crippen molar-refractivity contribution in [1.82, 2.24) is 15.3 Å². The zero-order valence-corrected chi connectivity index (χ0v) is 23.0. The van der Waals surface area contributed by atoms with Gasteiger partial charge in [0.25, 0.3) is 0 Å². The first-order chi connectivity index (χ1) is 17.4. The lowest BCUT2D eigenvalue weighted by Gasteiger charge is -2.43. The van der Waals surface area contributed by atoms with E-state index in [1.165, 1.54) is 0 Å². The third-order valence-electron chi connectivity index (χ3n) is 7.14. The molecule has 2 amide bonds. The van der Waals surface area contributed by atoms with Crippen LogP contribution in [-0.2, 0) is 4.74 Å². The predicted molar refractivity (Wildman–Crippen MR) is 145 cm³/mol. The van der Waals surface area contributed by atoms with Crippen LogP contribution in [-0.4, -0.2) is 52.0 Å². The maximum atomic E-state index is 12.7. The van der Waals surface area contributed by atoms with Crippen molar-refractivity contribution in [3.05, 3.63) is 33.9 Å². The van der Waals surface area contributed by atoms with Crippen molar-refractivity contribution in [3.8, 4) is 11.3 Å². The van der Waals surface area contributed by atoms with Crippen LogP contribution in [0.3, 0.4) is 0 Å². The van der Waals surface area contributed by atoms with Gasteiger partial charge in [-0.2, -0.15) is 0 Å². The van der Waals surface area contributed by atoms with Gasteiger partial charge in [0.1, 0.15) is 5.60 Å². The largest absolute Gasteiger partial charge is 0.465 e. The summed E-state index contributed by atoms with van der Waals surface area (Å²) in [6, 6.07) is 5.24. The van der Waals surface area contributed by atoms with Crippen LogP contribution in [0, 0.1) is 12.3 Å². The summed E-state index contributed by atoms with van der Waals surface area (Å²) >= 11 is 12.7. The lowest BCUT2D eigenvalue weighted by Crippen LogP contribution is -2.50. The lowest BCUT2D eigenvalue weighted by atomic mass is 9.74. The number of aryl methyl sites for hydroxylation is 1. The second-order valence-electron chi connectivity index (χ2n) is 10.8. The number of amides is 2. The summed E-state index contributed by atoms with van der Waals surface area (Å²) in [6.07, 6.45) is 2.86. The Morgan fingerprint density at radius 1 is 1.16 bits per heavy atom. The van der Waals surface area contributed by atoms with Crippen LogP contribution in [0.2, 0.25) is 10.0 Å². The number of nitrogens with zero attached hydrogens (tertiary/aromatic N) is 3.